The highest BCUT2D eigenvalue weighted by atomic mass is 16.5. The summed E-state index contributed by atoms with van der Waals surface area (Å²) in [7, 11) is 1.57. The second kappa shape index (κ2) is 9.38. The van der Waals surface area contributed by atoms with Crippen LogP contribution in [0.1, 0.15) is 27.9 Å². The standard InChI is InChI=1S/C23H21N3O3/c1-29-22-11-9-20(15-26-22)17-5-7-18(8-6-17)23(28)25-12-2-3-19-13-16(14-24)4-10-21(19)27/h4-11,13,15,27H,2-3,12H2,1H3,(H,25,28). The van der Waals surface area contributed by atoms with E-state index in [0.29, 0.717) is 42.0 Å². The van der Waals surface area contributed by atoms with Crippen molar-refractivity contribution in [1.82, 2.24) is 10.3 Å². The van der Waals surface area contributed by atoms with E-state index in [0.717, 1.165) is 11.1 Å². The second-order valence-corrected chi connectivity index (χ2v) is 6.48. The maximum Gasteiger partial charge on any atom is 0.251 e. The Balaban J connectivity index is 1.52. The molecule has 0 bridgehead atoms. The van der Waals surface area contributed by atoms with Crippen LogP contribution in [0.25, 0.3) is 11.1 Å². The smallest absolute Gasteiger partial charge is 0.251 e. The topological polar surface area (TPSA) is 95.2 Å². The van der Waals surface area contributed by atoms with Crippen molar-refractivity contribution >= 4 is 5.91 Å². The number of hydrogen-bond acceptors (Lipinski definition) is 5. The Morgan fingerprint density at radius 1 is 1.14 bits per heavy atom. The lowest BCUT2D eigenvalue weighted by Gasteiger charge is -2.08. The molecule has 0 saturated heterocycles. The van der Waals surface area contributed by atoms with Gasteiger partial charge in [0.25, 0.3) is 5.91 Å². The van der Waals surface area contributed by atoms with Crippen LogP contribution in [0.4, 0.5) is 0 Å². The first-order valence-corrected chi connectivity index (χ1v) is 9.21. The summed E-state index contributed by atoms with van der Waals surface area (Å²) in [5.74, 6) is 0.566. The number of aromatic hydroxyl groups is 1. The molecule has 0 aliphatic carbocycles. The minimum atomic E-state index is -0.153. The molecule has 0 aliphatic rings. The van der Waals surface area contributed by atoms with Crippen LogP contribution < -0.4 is 10.1 Å². The lowest BCUT2D eigenvalue weighted by molar-refractivity contribution is 0.0953. The minimum absolute atomic E-state index is 0.153. The van der Waals surface area contributed by atoms with E-state index in [-0.39, 0.29) is 11.7 Å². The van der Waals surface area contributed by atoms with E-state index in [2.05, 4.69) is 16.4 Å². The van der Waals surface area contributed by atoms with Crippen molar-refractivity contribution in [2.24, 2.45) is 0 Å². The maximum absolute atomic E-state index is 12.3. The molecule has 3 aromatic rings. The van der Waals surface area contributed by atoms with Gasteiger partial charge in [-0.1, -0.05) is 12.1 Å². The van der Waals surface area contributed by atoms with Crippen molar-refractivity contribution in [3.63, 3.8) is 0 Å². The third-order valence-electron chi connectivity index (χ3n) is 4.54. The summed E-state index contributed by atoms with van der Waals surface area (Å²) in [4.78, 5) is 16.5. The van der Waals surface area contributed by atoms with Gasteiger partial charge in [-0.25, -0.2) is 4.98 Å². The summed E-state index contributed by atoms with van der Waals surface area (Å²) in [6, 6.07) is 17.8. The summed E-state index contributed by atoms with van der Waals surface area (Å²) in [5.41, 5.74) is 3.69. The number of nitriles is 1. The Labute approximate surface area is 169 Å². The van der Waals surface area contributed by atoms with Crippen molar-refractivity contribution in [3.8, 4) is 28.8 Å². The average Bonchev–Trinajstić information content (AvgIpc) is 2.78. The molecule has 1 amide bonds. The number of rotatable bonds is 7. The fourth-order valence-corrected chi connectivity index (χ4v) is 2.92. The summed E-state index contributed by atoms with van der Waals surface area (Å²) >= 11 is 0. The molecule has 2 N–H and O–H groups in total. The molecule has 6 heteroatoms. The first kappa shape index (κ1) is 19.9. The number of phenolic OH excluding ortho intramolecular Hbond substituents is 1. The Morgan fingerprint density at radius 3 is 2.55 bits per heavy atom. The number of amides is 1. The van der Waals surface area contributed by atoms with Crippen LogP contribution in [0, 0.1) is 11.3 Å². The number of phenols is 1. The molecule has 0 spiro atoms. The number of aryl methyl sites for hydroxylation is 1. The molecule has 3 rings (SSSR count). The van der Waals surface area contributed by atoms with Gasteiger partial charge in [0, 0.05) is 29.9 Å². The van der Waals surface area contributed by atoms with Crippen molar-refractivity contribution in [2.75, 3.05) is 13.7 Å². The highest BCUT2D eigenvalue weighted by molar-refractivity contribution is 5.94. The Kier molecular flexibility index (Phi) is 6.43. The molecule has 0 unspecified atom stereocenters. The lowest BCUT2D eigenvalue weighted by Crippen LogP contribution is -2.24. The van der Waals surface area contributed by atoms with Crippen LogP contribution in [-0.4, -0.2) is 29.7 Å². The van der Waals surface area contributed by atoms with E-state index in [1.165, 1.54) is 6.07 Å². The molecule has 29 heavy (non-hydrogen) atoms. The number of hydrogen-bond donors (Lipinski definition) is 2. The van der Waals surface area contributed by atoms with Crippen molar-refractivity contribution in [1.29, 1.82) is 5.26 Å². The zero-order valence-electron chi connectivity index (χ0n) is 16.1. The Morgan fingerprint density at radius 2 is 1.90 bits per heavy atom. The number of carbonyl (C=O) groups is 1. The molecule has 0 radical (unpaired) electrons. The van der Waals surface area contributed by atoms with E-state index in [4.69, 9.17) is 10.00 Å². The van der Waals surface area contributed by atoms with E-state index >= 15 is 0 Å². The van der Waals surface area contributed by atoms with Gasteiger partial charge in [-0.15, -0.1) is 0 Å². The summed E-state index contributed by atoms with van der Waals surface area (Å²) in [5, 5.41) is 21.7. The number of aromatic nitrogens is 1. The number of carbonyl (C=O) groups excluding carboxylic acids is 1. The van der Waals surface area contributed by atoms with Gasteiger partial charge in [-0.05, 0) is 60.4 Å². The fourth-order valence-electron chi connectivity index (χ4n) is 2.92. The summed E-state index contributed by atoms with van der Waals surface area (Å²) in [6.45, 7) is 0.471. The molecule has 2 aromatic carbocycles. The SMILES string of the molecule is COc1ccc(-c2ccc(C(=O)NCCCc3cc(C#N)ccc3O)cc2)cn1. The van der Waals surface area contributed by atoms with Crippen molar-refractivity contribution in [3.05, 3.63) is 77.5 Å². The monoisotopic (exact) mass is 387 g/mol. The van der Waals surface area contributed by atoms with E-state index in [1.54, 1.807) is 43.6 Å². The molecule has 0 fully saturated rings. The molecule has 0 atom stereocenters. The average molecular weight is 387 g/mol. The molecule has 6 nitrogen and oxygen atoms in total. The fraction of sp³-hybridized carbons (Fsp3) is 0.174. The van der Waals surface area contributed by atoms with Crippen LogP contribution in [-0.2, 0) is 6.42 Å². The van der Waals surface area contributed by atoms with Crippen LogP contribution >= 0.6 is 0 Å². The number of benzene rings is 2. The number of nitrogens with one attached hydrogen (secondary N) is 1. The van der Waals surface area contributed by atoms with Crippen LogP contribution in [0.15, 0.2) is 60.8 Å². The van der Waals surface area contributed by atoms with Crippen molar-refractivity contribution in [2.45, 2.75) is 12.8 Å². The molecule has 0 saturated carbocycles. The number of ether oxygens (including phenoxy) is 1. The van der Waals surface area contributed by atoms with Gasteiger partial charge in [0.15, 0.2) is 0 Å². The molecule has 1 aromatic heterocycles. The van der Waals surface area contributed by atoms with Crippen LogP contribution in [0.3, 0.4) is 0 Å². The van der Waals surface area contributed by atoms with Gasteiger partial charge >= 0.3 is 0 Å². The predicted octanol–water partition coefficient (Wildman–Crippen LogP) is 3.70. The highest BCUT2D eigenvalue weighted by Crippen LogP contribution is 2.21. The Bertz CT molecular complexity index is 1020. The molecule has 146 valence electrons. The van der Waals surface area contributed by atoms with Crippen molar-refractivity contribution < 1.29 is 14.6 Å². The number of nitrogens with zero attached hydrogens (tertiary/aromatic N) is 2. The molecular formula is C23H21N3O3. The third-order valence-corrected chi connectivity index (χ3v) is 4.54. The van der Waals surface area contributed by atoms with Gasteiger partial charge in [-0.2, -0.15) is 5.26 Å². The minimum Gasteiger partial charge on any atom is -0.508 e. The zero-order chi connectivity index (χ0) is 20.6. The van der Waals surface area contributed by atoms with Gasteiger partial charge < -0.3 is 15.2 Å². The van der Waals surface area contributed by atoms with E-state index < -0.39 is 0 Å². The number of pyridine rings is 1. The maximum atomic E-state index is 12.3. The molecule has 1 heterocycles. The molecule has 0 aliphatic heterocycles. The summed E-state index contributed by atoms with van der Waals surface area (Å²) in [6.07, 6.45) is 2.96. The Hall–Kier alpha value is -3.85. The first-order valence-electron chi connectivity index (χ1n) is 9.21. The third kappa shape index (κ3) is 5.11. The highest BCUT2D eigenvalue weighted by Gasteiger charge is 2.07. The van der Waals surface area contributed by atoms with Crippen LogP contribution in [0.2, 0.25) is 0 Å². The van der Waals surface area contributed by atoms with E-state index in [9.17, 15) is 9.90 Å². The lowest BCUT2D eigenvalue weighted by atomic mass is 10.0. The quantitative estimate of drug-likeness (QED) is 0.603. The van der Waals surface area contributed by atoms with Gasteiger partial charge in [-0.3, -0.25) is 4.79 Å². The van der Waals surface area contributed by atoms with Gasteiger partial charge in [0.1, 0.15) is 5.75 Å². The van der Waals surface area contributed by atoms with E-state index in [1.807, 2.05) is 18.2 Å². The second-order valence-electron chi connectivity index (χ2n) is 6.48. The van der Waals surface area contributed by atoms with Gasteiger partial charge in [0.05, 0.1) is 18.7 Å². The summed E-state index contributed by atoms with van der Waals surface area (Å²) < 4.78 is 5.06. The normalized spacial score (nSPS) is 10.2. The number of methoxy groups -OCH3 is 1. The van der Waals surface area contributed by atoms with Gasteiger partial charge in [0.2, 0.25) is 5.88 Å². The first-order chi connectivity index (χ1) is 14.1. The molecular weight excluding hydrogens is 366 g/mol. The largest absolute Gasteiger partial charge is 0.508 e. The zero-order valence-corrected chi connectivity index (χ0v) is 16.1. The predicted molar refractivity (Wildman–Crippen MR) is 110 cm³/mol. The van der Waals surface area contributed by atoms with Crippen LogP contribution in [0.5, 0.6) is 11.6 Å².